The van der Waals surface area contributed by atoms with Crippen molar-refractivity contribution in [3.05, 3.63) is 27.7 Å². The van der Waals surface area contributed by atoms with Crippen molar-refractivity contribution in [2.75, 3.05) is 6.61 Å². The number of sulfonamides is 1. The van der Waals surface area contributed by atoms with Gasteiger partial charge in [0.05, 0.1) is 17.1 Å². The maximum Gasteiger partial charge on any atom is 0.338 e. The van der Waals surface area contributed by atoms with Crippen molar-refractivity contribution in [2.24, 2.45) is 11.1 Å². The van der Waals surface area contributed by atoms with Crippen LogP contribution >= 0.6 is 15.9 Å². The molecule has 0 bridgehead atoms. The predicted molar refractivity (Wildman–Crippen MR) is 73.3 cm³/mol. The minimum absolute atomic E-state index is 0.0692. The molecule has 19 heavy (non-hydrogen) atoms. The molecule has 0 aromatic heterocycles. The van der Waals surface area contributed by atoms with Crippen molar-refractivity contribution in [2.45, 2.75) is 24.7 Å². The molecule has 2 rings (SSSR count). The van der Waals surface area contributed by atoms with Gasteiger partial charge in [0, 0.05) is 4.47 Å². The lowest BCUT2D eigenvalue weighted by Crippen LogP contribution is -2.16. The van der Waals surface area contributed by atoms with Gasteiger partial charge in [0.1, 0.15) is 0 Å². The summed E-state index contributed by atoms with van der Waals surface area (Å²) in [6, 6.07) is 2.80. The number of nitrogens with two attached hydrogens (primary N) is 1. The van der Waals surface area contributed by atoms with E-state index in [0.717, 1.165) is 12.8 Å². The van der Waals surface area contributed by atoms with Crippen LogP contribution in [0, 0.1) is 12.8 Å². The average Bonchev–Trinajstić information content (AvgIpc) is 3.11. The molecule has 5 nitrogen and oxygen atoms in total. The summed E-state index contributed by atoms with van der Waals surface area (Å²) in [5, 5.41) is 5.13. The Balaban J connectivity index is 2.30. The highest BCUT2D eigenvalue weighted by molar-refractivity contribution is 9.10. The van der Waals surface area contributed by atoms with Gasteiger partial charge >= 0.3 is 5.97 Å². The van der Waals surface area contributed by atoms with Gasteiger partial charge in [-0.15, -0.1) is 0 Å². The molecule has 1 fully saturated rings. The van der Waals surface area contributed by atoms with E-state index in [1.807, 2.05) is 0 Å². The number of primary sulfonamides is 1. The van der Waals surface area contributed by atoms with E-state index in [-0.39, 0.29) is 10.5 Å². The van der Waals surface area contributed by atoms with Crippen molar-refractivity contribution in [1.29, 1.82) is 0 Å². The number of rotatable bonds is 4. The summed E-state index contributed by atoms with van der Waals surface area (Å²) in [5.74, 6) is -0.0759. The molecule has 0 heterocycles. The molecule has 1 aromatic rings. The number of halogens is 1. The van der Waals surface area contributed by atoms with Gasteiger partial charge < -0.3 is 4.74 Å². The second-order valence-corrected chi connectivity index (χ2v) is 7.05. The first-order chi connectivity index (χ1) is 8.79. The van der Waals surface area contributed by atoms with Gasteiger partial charge in [-0.3, -0.25) is 0 Å². The minimum Gasteiger partial charge on any atom is -0.462 e. The van der Waals surface area contributed by atoms with Crippen LogP contribution in [0.15, 0.2) is 21.5 Å². The van der Waals surface area contributed by atoms with E-state index in [0.29, 0.717) is 22.6 Å². The first-order valence-corrected chi connectivity index (χ1v) is 8.13. The summed E-state index contributed by atoms with van der Waals surface area (Å²) in [4.78, 5) is 11.8. The largest absolute Gasteiger partial charge is 0.462 e. The molecule has 0 saturated heterocycles. The molecule has 104 valence electrons. The maximum atomic E-state index is 11.8. The number of ether oxygens (including phenoxy) is 1. The van der Waals surface area contributed by atoms with Crippen molar-refractivity contribution in [3.63, 3.8) is 0 Å². The lowest BCUT2D eigenvalue weighted by Gasteiger charge is -2.09. The molecular weight excluding hydrogens is 334 g/mol. The topological polar surface area (TPSA) is 86.5 Å². The number of carbonyl (C=O) groups is 1. The fourth-order valence-electron chi connectivity index (χ4n) is 1.63. The number of hydrogen-bond donors (Lipinski definition) is 1. The molecule has 0 amide bonds. The number of carbonyl (C=O) groups excluding carboxylic acids is 1. The zero-order valence-corrected chi connectivity index (χ0v) is 12.8. The Morgan fingerprint density at radius 3 is 2.63 bits per heavy atom. The van der Waals surface area contributed by atoms with Gasteiger partial charge in [-0.05, 0) is 43.4 Å². The first-order valence-electron chi connectivity index (χ1n) is 5.79. The smallest absolute Gasteiger partial charge is 0.338 e. The Labute approximate surface area is 120 Å². The molecule has 0 atom stereocenters. The molecule has 1 aromatic carbocycles. The zero-order chi connectivity index (χ0) is 14.2. The van der Waals surface area contributed by atoms with Gasteiger partial charge in [-0.2, -0.15) is 0 Å². The lowest BCUT2D eigenvalue weighted by atomic mass is 10.1. The van der Waals surface area contributed by atoms with Crippen molar-refractivity contribution in [1.82, 2.24) is 0 Å². The fraction of sp³-hybridized carbons (Fsp3) is 0.417. The van der Waals surface area contributed by atoms with Gasteiger partial charge in [-0.1, -0.05) is 15.9 Å². The van der Waals surface area contributed by atoms with E-state index < -0.39 is 16.0 Å². The molecule has 0 radical (unpaired) electrons. The molecule has 0 unspecified atom stereocenters. The van der Waals surface area contributed by atoms with Crippen molar-refractivity contribution < 1.29 is 17.9 Å². The lowest BCUT2D eigenvalue weighted by molar-refractivity contribution is 0.0485. The second-order valence-electron chi connectivity index (χ2n) is 4.67. The van der Waals surface area contributed by atoms with E-state index in [1.54, 1.807) is 13.0 Å². The summed E-state index contributed by atoms with van der Waals surface area (Å²) in [6.45, 7) is 2.00. The maximum absolute atomic E-state index is 11.8. The predicted octanol–water partition coefficient (Wildman–Crippen LogP) is 1.97. The minimum atomic E-state index is -3.87. The molecule has 1 aliphatic rings. The third kappa shape index (κ3) is 3.55. The second kappa shape index (κ2) is 5.22. The highest BCUT2D eigenvalue weighted by atomic mass is 79.9. The molecule has 7 heteroatoms. The van der Waals surface area contributed by atoms with E-state index in [1.165, 1.54) is 6.07 Å². The quantitative estimate of drug-likeness (QED) is 0.843. The van der Waals surface area contributed by atoms with E-state index in [4.69, 9.17) is 9.88 Å². The van der Waals surface area contributed by atoms with Crippen molar-refractivity contribution in [3.8, 4) is 0 Å². The third-order valence-corrected chi connectivity index (χ3v) is 4.85. The summed E-state index contributed by atoms with van der Waals surface area (Å²) < 4.78 is 28.6. The Morgan fingerprint density at radius 1 is 1.47 bits per heavy atom. The summed E-state index contributed by atoms with van der Waals surface area (Å²) in [7, 11) is -3.87. The van der Waals surface area contributed by atoms with E-state index >= 15 is 0 Å². The summed E-state index contributed by atoms with van der Waals surface area (Å²) >= 11 is 3.22. The van der Waals surface area contributed by atoms with Crippen LogP contribution in [0.5, 0.6) is 0 Å². The van der Waals surface area contributed by atoms with Crippen LogP contribution in [0.2, 0.25) is 0 Å². The van der Waals surface area contributed by atoms with E-state index in [2.05, 4.69) is 15.9 Å². The van der Waals surface area contributed by atoms with Gasteiger partial charge in [0.15, 0.2) is 0 Å². The van der Waals surface area contributed by atoms with Crippen LogP contribution in [-0.2, 0) is 14.8 Å². The third-order valence-electron chi connectivity index (χ3n) is 2.99. The van der Waals surface area contributed by atoms with Gasteiger partial charge in [-0.25, -0.2) is 18.4 Å². The van der Waals surface area contributed by atoms with Crippen LogP contribution < -0.4 is 5.14 Å². The molecule has 1 saturated carbocycles. The van der Waals surface area contributed by atoms with Crippen LogP contribution in [0.25, 0.3) is 0 Å². The Bertz CT molecular complexity index is 623. The highest BCUT2D eigenvalue weighted by Crippen LogP contribution is 2.30. The molecule has 2 N–H and O–H groups in total. The molecular formula is C12H14BrNO4S. The SMILES string of the molecule is Cc1c(Br)cc(C(=O)OCC2CC2)cc1S(N)(=O)=O. The number of esters is 1. The van der Waals surface area contributed by atoms with Gasteiger partial charge in [0.25, 0.3) is 0 Å². The molecule has 1 aliphatic carbocycles. The summed E-state index contributed by atoms with van der Waals surface area (Å²) in [6.07, 6.45) is 2.15. The van der Waals surface area contributed by atoms with Gasteiger partial charge in [0.2, 0.25) is 10.0 Å². The molecule has 0 spiro atoms. The normalized spacial score (nSPS) is 15.3. The average molecular weight is 348 g/mol. The first kappa shape index (κ1) is 14.5. The van der Waals surface area contributed by atoms with Crippen LogP contribution in [0.3, 0.4) is 0 Å². The number of benzene rings is 1. The van der Waals surface area contributed by atoms with Crippen molar-refractivity contribution >= 4 is 31.9 Å². The highest BCUT2D eigenvalue weighted by Gasteiger charge is 2.24. The van der Waals surface area contributed by atoms with Crippen LogP contribution in [0.4, 0.5) is 0 Å². The standard InChI is InChI=1S/C12H14BrNO4S/c1-7-10(13)4-9(5-11(7)19(14,16)17)12(15)18-6-8-2-3-8/h4-5,8H,2-3,6H2,1H3,(H2,14,16,17). The van der Waals surface area contributed by atoms with E-state index in [9.17, 15) is 13.2 Å². The zero-order valence-electron chi connectivity index (χ0n) is 10.3. The molecule has 0 aliphatic heterocycles. The monoisotopic (exact) mass is 347 g/mol. The fourth-order valence-corrected chi connectivity index (χ4v) is 3.05. The Morgan fingerprint density at radius 2 is 2.11 bits per heavy atom. The van der Waals surface area contributed by atoms with Crippen LogP contribution in [-0.4, -0.2) is 21.0 Å². The Kier molecular flexibility index (Phi) is 3.98. The number of hydrogen-bond acceptors (Lipinski definition) is 4. The van der Waals surface area contributed by atoms with Crippen LogP contribution in [0.1, 0.15) is 28.8 Å². The summed E-state index contributed by atoms with van der Waals surface area (Å²) in [5.41, 5.74) is 0.656. The Hall–Kier alpha value is -0.920.